The molecule has 0 aliphatic carbocycles. The quantitative estimate of drug-likeness (QED) is 0.737. The van der Waals surface area contributed by atoms with E-state index in [2.05, 4.69) is 45.6 Å². The fraction of sp³-hybridized carbons (Fsp3) is 0.143. The van der Waals surface area contributed by atoms with Crippen LogP contribution in [0.25, 0.3) is 22.2 Å². The Bertz CT molecular complexity index is 658. The SMILES string of the molecule is CCNc1n[nH]c2ncc(-c3ccccc3)cc12. The van der Waals surface area contributed by atoms with Gasteiger partial charge in [0.05, 0.1) is 5.39 Å². The number of fused-ring (bicyclic) bond motifs is 1. The molecule has 2 aromatic heterocycles. The molecule has 1 aromatic carbocycles. The summed E-state index contributed by atoms with van der Waals surface area (Å²) in [5.41, 5.74) is 3.07. The summed E-state index contributed by atoms with van der Waals surface area (Å²) in [7, 11) is 0. The van der Waals surface area contributed by atoms with Gasteiger partial charge in [0.15, 0.2) is 11.5 Å². The molecule has 0 unspecified atom stereocenters. The molecule has 0 amide bonds. The summed E-state index contributed by atoms with van der Waals surface area (Å²) < 4.78 is 0. The molecule has 90 valence electrons. The zero-order chi connectivity index (χ0) is 12.4. The number of hydrogen-bond donors (Lipinski definition) is 2. The maximum atomic E-state index is 4.40. The van der Waals surface area contributed by atoms with Crippen LogP contribution >= 0.6 is 0 Å². The van der Waals surface area contributed by atoms with Crippen LogP contribution in [0.1, 0.15) is 6.92 Å². The van der Waals surface area contributed by atoms with Crippen molar-refractivity contribution in [3.8, 4) is 11.1 Å². The first kappa shape index (κ1) is 10.8. The maximum Gasteiger partial charge on any atom is 0.157 e. The largest absolute Gasteiger partial charge is 0.368 e. The van der Waals surface area contributed by atoms with E-state index in [1.165, 1.54) is 0 Å². The van der Waals surface area contributed by atoms with Crippen molar-refractivity contribution in [2.45, 2.75) is 6.92 Å². The van der Waals surface area contributed by atoms with Crippen molar-refractivity contribution in [3.63, 3.8) is 0 Å². The Balaban J connectivity index is 2.12. The highest BCUT2D eigenvalue weighted by Gasteiger charge is 2.07. The Labute approximate surface area is 105 Å². The van der Waals surface area contributed by atoms with Gasteiger partial charge < -0.3 is 5.32 Å². The summed E-state index contributed by atoms with van der Waals surface area (Å²) in [5, 5.41) is 11.4. The highest BCUT2D eigenvalue weighted by molar-refractivity contribution is 5.90. The summed E-state index contributed by atoms with van der Waals surface area (Å²) in [6.45, 7) is 2.89. The van der Waals surface area contributed by atoms with Gasteiger partial charge in [0.2, 0.25) is 0 Å². The topological polar surface area (TPSA) is 53.6 Å². The third-order valence-electron chi connectivity index (χ3n) is 2.87. The Morgan fingerprint density at radius 3 is 2.78 bits per heavy atom. The first-order valence-corrected chi connectivity index (χ1v) is 6.02. The van der Waals surface area contributed by atoms with Crippen LogP contribution in [-0.2, 0) is 0 Å². The number of H-pyrrole nitrogens is 1. The number of aromatic nitrogens is 3. The van der Waals surface area contributed by atoms with E-state index in [-0.39, 0.29) is 0 Å². The van der Waals surface area contributed by atoms with Gasteiger partial charge in [-0.3, -0.25) is 5.10 Å². The number of pyridine rings is 1. The van der Waals surface area contributed by atoms with E-state index in [0.29, 0.717) is 0 Å². The molecule has 0 spiro atoms. The average molecular weight is 238 g/mol. The lowest BCUT2D eigenvalue weighted by molar-refractivity contribution is 1.07. The lowest BCUT2D eigenvalue weighted by atomic mass is 10.1. The molecule has 0 radical (unpaired) electrons. The molecule has 4 heteroatoms. The van der Waals surface area contributed by atoms with Crippen LogP contribution in [-0.4, -0.2) is 21.7 Å². The summed E-state index contributed by atoms with van der Waals surface area (Å²) in [5.74, 6) is 0.859. The van der Waals surface area contributed by atoms with E-state index >= 15 is 0 Å². The van der Waals surface area contributed by atoms with E-state index in [0.717, 1.165) is 34.5 Å². The van der Waals surface area contributed by atoms with E-state index in [1.54, 1.807) is 0 Å². The predicted molar refractivity (Wildman–Crippen MR) is 73.5 cm³/mol. The zero-order valence-electron chi connectivity index (χ0n) is 10.1. The molecule has 2 N–H and O–H groups in total. The molecule has 0 saturated carbocycles. The molecule has 3 aromatic rings. The van der Waals surface area contributed by atoms with Gasteiger partial charge >= 0.3 is 0 Å². The minimum Gasteiger partial charge on any atom is -0.368 e. The van der Waals surface area contributed by atoms with Crippen molar-refractivity contribution in [3.05, 3.63) is 42.6 Å². The summed E-state index contributed by atoms with van der Waals surface area (Å²) in [4.78, 5) is 4.40. The van der Waals surface area contributed by atoms with Gasteiger partial charge in [-0.1, -0.05) is 30.3 Å². The minimum absolute atomic E-state index is 0.811. The van der Waals surface area contributed by atoms with Crippen LogP contribution < -0.4 is 5.32 Å². The highest BCUT2D eigenvalue weighted by Crippen LogP contribution is 2.25. The summed E-state index contributed by atoms with van der Waals surface area (Å²) in [6, 6.07) is 12.3. The van der Waals surface area contributed by atoms with Gasteiger partial charge in [-0.25, -0.2) is 4.98 Å². The van der Waals surface area contributed by atoms with Crippen molar-refractivity contribution >= 4 is 16.9 Å². The van der Waals surface area contributed by atoms with E-state index in [1.807, 2.05) is 24.4 Å². The second-order valence-corrected chi connectivity index (χ2v) is 4.09. The molecule has 0 aliphatic heterocycles. The Hall–Kier alpha value is -2.36. The van der Waals surface area contributed by atoms with Gasteiger partial charge in [-0.2, -0.15) is 5.10 Å². The molecular weight excluding hydrogens is 224 g/mol. The fourth-order valence-electron chi connectivity index (χ4n) is 1.99. The van der Waals surface area contributed by atoms with Gasteiger partial charge in [0, 0.05) is 18.3 Å². The molecule has 0 bridgehead atoms. The van der Waals surface area contributed by atoms with Gasteiger partial charge in [0.25, 0.3) is 0 Å². The number of aromatic amines is 1. The Morgan fingerprint density at radius 2 is 2.00 bits per heavy atom. The van der Waals surface area contributed by atoms with Gasteiger partial charge in [0.1, 0.15) is 0 Å². The third kappa shape index (κ3) is 1.82. The van der Waals surface area contributed by atoms with Crippen LogP contribution in [0.4, 0.5) is 5.82 Å². The van der Waals surface area contributed by atoms with Gasteiger partial charge in [-0.05, 0) is 18.6 Å². The second-order valence-electron chi connectivity index (χ2n) is 4.09. The van der Waals surface area contributed by atoms with Crippen LogP contribution in [0.3, 0.4) is 0 Å². The molecule has 4 nitrogen and oxygen atoms in total. The molecule has 3 rings (SSSR count). The molecule has 18 heavy (non-hydrogen) atoms. The first-order valence-electron chi connectivity index (χ1n) is 6.02. The summed E-state index contributed by atoms with van der Waals surface area (Å²) >= 11 is 0. The number of rotatable bonds is 3. The van der Waals surface area contributed by atoms with Crippen molar-refractivity contribution < 1.29 is 0 Å². The normalized spacial score (nSPS) is 10.7. The molecule has 0 aliphatic rings. The van der Waals surface area contributed by atoms with Crippen LogP contribution in [0.15, 0.2) is 42.6 Å². The molecule has 0 fully saturated rings. The van der Waals surface area contributed by atoms with Crippen LogP contribution in [0.5, 0.6) is 0 Å². The zero-order valence-corrected chi connectivity index (χ0v) is 10.1. The van der Waals surface area contributed by atoms with Crippen molar-refractivity contribution in [2.75, 3.05) is 11.9 Å². The molecule has 0 atom stereocenters. The number of benzene rings is 1. The number of nitrogens with zero attached hydrogens (tertiary/aromatic N) is 2. The van der Waals surface area contributed by atoms with E-state index < -0.39 is 0 Å². The summed E-state index contributed by atoms with van der Waals surface area (Å²) in [6.07, 6.45) is 1.87. The van der Waals surface area contributed by atoms with Crippen molar-refractivity contribution in [1.82, 2.24) is 15.2 Å². The minimum atomic E-state index is 0.811. The smallest absolute Gasteiger partial charge is 0.157 e. The lowest BCUT2D eigenvalue weighted by Crippen LogP contribution is -1.96. The molecule has 0 saturated heterocycles. The monoisotopic (exact) mass is 238 g/mol. The van der Waals surface area contributed by atoms with Crippen molar-refractivity contribution in [1.29, 1.82) is 0 Å². The molecule has 2 heterocycles. The lowest BCUT2D eigenvalue weighted by Gasteiger charge is -2.02. The Morgan fingerprint density at radius 1 is 1.17 bits per heavy atom. The maximum absolute atomic E-state index is 4.40. The van der Waals surface area contributed by atoms with Crippen molar-refractivity contribution in [2.24, 2.45) is 0 Å². The standard InChI is InChI=1S/C14H14N4/c1-2-15-13-12-8-11(9-16-14(12)18-17-13)10-6-4-3-5-7-10/h3-9H,2H2,1H3,(H2,15,16,17,18). The Kier molecular flexibility index (Phi) is 2.68. The number of hydrogen-bond acceptors (Lipinski definition) is 3. The van der Waals surface area contributed by atoms with Gasteiger partial charge in [-0.15, -0.1) is 0 Å². The predicted octanol–water partition coefficient (Wildman–Crippen LogP) is 3.06. The fourth-order valence-corrected chi connectivity index (χ4v) is 1.99. The van der Waals surface area contributed by atoms with Crippen LogP contribution in [0.2, 0.25) is 0 Å². The second kappa shape index (κ2) is 4.49. The highest BCUT2D eigenvalue weighted by atomic mass is 15.2. The molecular formula is C14H14N4. The van der Waals surface area contributed by atoms with E-state index in [9.17, 15) is 0 Å². The number of anilines is 1. The average Bonchev–Trinajstić information content (AvgIpc) is 2.83. The van der Waals surface area contributed by atoms with Crippen LogP contribution in [0, 0.1) is 0 Å². The first-order chi connectivity index (χ1) is 8.88. The number of nitrogens with one attached hydrogen (secondary N) is 2. The van der Waals surface area contributed by atoms with E-state index in [4.69, 9.17) is 0 Å². The third-order valence-corrected chi connectivity index (χ3v) is 2.87.